The number of aromatic nitrogens is 1. The highest BCUT2D eigenvalue weighted by Crippen LogP contribution is 2.22. The Morgan fingerprint density at radius 3 is 2.68 bits per heavy atom. The van der Waals surface area contributed by atoms with Crippen LogP contribution < -0.4 is 5.32 Å². The summed E-state index contributed by atoms with van der Waals surface area (Å²) in [5.41, 5.74) is -0.0299. The third-order valence-electron chi connectivity index (χ3n) is 7.63. The highest BCUT2D eigenvalue weighted by atomic mass is 32.1. The number of likely N-dealkylation sites (tertiary alicyclic amines) is 1. The molecule has 4 unspecified atom stereocenters. The van der Waals surface area contributed by atoms with Crippen molar-refractivity contribution in [1.29, 1.82) is 0 Å². The van der Waals surface area contributed by atoms with E-state index in [0.717, 1.165) is 70.9 Å². The Morgan fingerprint density at radius 2 is 2.03 bits per heavy atom. The molecule has 38 heavy (non-hydrogen) atoms. The Bertz CT molecular complexity index is 823. The van der Waals surface area contributed by atoms with E-state index in [1.807, 2.05) is 7.05 Å². The first-order valence-electron chi connectivity index (χ1n) is 14.4. The van der Waals surface area contributed by atoms with Crippen LogP contribution in [0.1, 0.15) is 107 Å². The van der Waals surface area contributed by atoms with E-state index >= 15 is 0 Å². The van der Waals surface area contributed by atoms with Crippen LogP contribution in [0, 0.1) is 5.92 Å². The van der Waals surface area contributed by atoms with Crippen molar-refractivity contribution in [3.63, 3.8) is 0 Å². The summed E-state index contributed by atoms with van der Waals surface area (Å²) in [6, 6.07) is 0.0998. The lowest BCUT2D eigenvalue weighted by molar-refractivity contribution is -0.128. The number of hydrogen-bond acceptors (Lipinski definition) is 8. The monoisotopic (exact) mass is 554 g/mol. The van der Waals surface area contributed by atoms with Gasteiger partial charge in [0.25, 0.3) is 0 Å². The number of piperidine rings is 1. The minimum absolute atomic E-state index is 0.0299. The molecule has 0 radical (unpaired) electrons. The lowest BCUT2D eigenvalue weighted by Crippen LogP contribution is -2.51. The van der Waals surface area contributed by atoms with E-state index in [4.69, 9.17) is 9.84 Å². The predicted octanol–water partition coefficient (Wildman–Crippen LogP) is 4.53. The molecule has 0 spiro atoms. The fraction of sp³-hybridized carbons (Fsp3) is 0.821. The minimum atomic E-state index is -1.08. The number of carbonyl (C=O) groups is 2. The van der Waals surface area contributed by atoms with Crippen molar-refractivity contribution in [2.24, 2.45) is 5.92 Å². The van der Waals surface area contributed by atoms with Crippen LogP contribution in [-0.4, -0.2) is 89.0 Å². The van der Waals surface area contributed by atoms with E-state index in [1.54, 1.807) is 0 Å². The Hall–Kier alpha value is -1.59. The summed E-state index contributed by atoms with van der Waals surface area (Å²) in [7, 11) is 2.04. The number of carboxylic acid groups (broad SMARTS) is 1. The molecule has 1 saturated heterocycles. The first-order valence-corrected chi connectivity index (χ1v) is 15.3. The van der Waals surface area contributed by atoms with Gasteiger partial charge in [-0.05, 0) is 58.0 Å². The molecule has 218 valence electrons. The van der Waals surface area contributed by atoms with Crippen molar-refractivity contribution >= 4 is 23.2 Å². The number of nitrogens with zero attached hydrogens (tertiary/aromatic N) is 3. The summed E-state index contributed by atoms with van der Waals surface area (Å²) in [6.45, 7) is 10.1. The molecular weight excluding hydrogens is 504 g/mol. The van der Waals surface area contributed by atoms with Crippen LogP contribution in [0.25, 0.3) is 0 Å². The number of rotatable bonds is 19. The highest BCUT2D eigenvalue weighted by molar-refractivity contribution is 7.09. The number of ether oxygens (including phenoxy) is 1. The van der Waals surface area contributed by atoms with Gasteiger partial charge < -0.3 is 20.3 Å². The van der Waals surface area contributed by atoms with E-state index in [1.165, 1.54) is 16.7 Å². The lowest BCUT2D eigenvalue weighted by Gasteiger charge is -2.34. The number of carbonyl (C=O) groups excluding carboxylic acids is 1. The zero-order chi connectivity index (χ0) is 27.9. The van der Waals surface area contributed by atoms with Crippen LogP contribution in [0.3, 0.4) is 0 Å². The van der Waals surface area contributed by atoms with E-state index in [0.29, 0.717) is 37.2 Å². The molecule has 10 heteroatoms. The molecule has 1 aromatic heterocycles. The number of unbranched alkanes of at least 4 members (excludes halogenated alkanes) is 2. The largest absolute Gasteiger partial charge is 0.476 e. The first-order chi connectivity index (χ1) is 18.3. The summed E-state index contributed by atoms with van der Waals surface area (Å²) >= 11 is 1.17. The van der Waals surface area contributed by atoms with E-state index in [2.05, 4.69) is 40.9 Å². The van der Waals surface area contributed by atoms with Gasteiger partial charge in [0.15, 0.2) is 5.69 Å². The van der Waals surface area contributed by atoms with Crippen LogP contribution in [-0.2, 0) is 9.53 Å². The van der Waals surface area contributed by atoms with Crippen molar-refractivity contribution < 1.29 is 24.5 Å². The van der Waals surface area contributed by atoms with Crippen molar-refractivity contribution in [2.45, 2.75) is 103 Å². The molecule has 0 aliphatic carbocycles. The molecule has 0 saturated carbocycles. The van der Waals surface area contributed by atoms with E-state index in [9.17, 15) is 14.7 Å². The summed E-state index contributed by atoms with van der Waals surface area (Å²) in [4.78, 5) is 32.6. The molecule has 4 atom stereocenters. The van der Waals surface area contributed by atoms with E-state index in [-0.39, 0.29) is 23.7 Å². The van der Waals surface area contributed by atoms with Crippen LogP contribution >= 0.6 is 11.3 Å². The number of aromatic carboxylic acids is 1. The predicted molar refractivity (Wildman–Crippen MR) is 151 cm³/mol. The Labute approximate surface area is 233 Å². The van der Waals surface area contributed by atoms with Crippen LogP contribution in [0.15, 0.2) is 5.38 Å². The third-order valence-corrected chi connectivity index (χ3v) is 8.58. The van der Waals surface area contributed by atoms with Gasteiger partial charge in [0.2, 0.25) is 5.91 Å². The molecule has 0 aromatic carbocycles. The molecule has 3 N–H and O–H groups in total. The minimum Gasteiger partial charge on any atom is -0.476 e. The molecule has 1 aliphatic rings. The molecular formula is C28H50N4O5S. The summed E-state index contributed by atoms with van der Waals surface area (Å²) < 4.78 is 5.93. The second-order valence-corrected chi connectivity index (χ2v) is 11.6. The van der Waals surface area contributed by atoms with Gasteiger partial charge in [0.05, 0.1) is 12.8 Å². The Morgan fingerprint density at radius 1 is 1.24 bits per heavy atom. The maximum atomic E-state index is 13.1. The fourth-order valence-corrected chi connectivity index (χ4v) is 5.67. The number of amides is 1. The maximum absolute atomic E-state index is 13.1. The second-order valence-electron chi connectivity index (χ2n) is 10.7. The van der Waals surface area contributed by atoms with Gasteiger partial charge in [0, 0.05) is 31.1 Å². The maximum Gasteiger partial charge on any atom is 0.355 e. The van der Waals surface area contributed by atoms with Crippen molar-refractivity contribution in [3.8, 4) is 0 Å². The number of hydrogen-bond donors (Lipinski definition) is 3. The number of nitrogens with one attached hydrogen (secondary N) is 1. The summed E-state index contributed by atoms with van der Waals surface area (Å²) in [5.74, 6) is -0.539. The van der Waals surface area contributed by atoms with Gasteiger partial charge in [-0.3, -0.25) is 14.6 Å². The molecule has 1 aromatic rings. The van der Waals surface area contributed by atoms with Gasteiger partial charge in [-0.15, -0.1) is 11.3 Å². The Balaban J connectivity index is 1.91. The summed E-state index contributed by atoms with van der Waals surface area (Å²) in [6.07, 6.45) is 8.94. The molecule has 1 aliphatic heterocycles. The van der Waals surface area contributed by atoms with Crippen molar-refractivity contribution in [1.82, 2.24) is 20.1 Å². The Kier molecular flexibility index (Phi) is 15.4. The summed E-state index contributed by atoms with van der Waals surface area (Å²) in [5, 5.41) is 25.0. The average Bonchev–Trinajstić information content (AvgIpc) is 3.41. The number of likely N-dealkylation sites (N-methyl/N-ethyl adjacent to an activating group) is 1. The van der Waals surface area contributed by atoms with Crippen molar-refractivity contribution in [2.75, 3.05) is 40.0 Å². The van der Waals surface area contributed by atoms with E-state index < -0.39 is 12.1 Å². The van der Waals surface area contributed by atoms with Crippen molar-refractivity contribution in [3.05, 3.63) is 16.1 Å². The van der Waals surface area contributed by atoms with Gasteiger partial charge >= 0.3 is 5.97 Å². The van der Waals surface area contributed by atoms with Gasteiger partial charge in [-0.2, -0.15) is 0 Å². The molecule has 2 heterocycles. The molecule has 9 nitrogen and oxygen atoms in total. The highest BCUT2D eigenvalue weighted by Gasteiger charge is 2.28. The first kappa shape index (κ1) is 32.6. The number of thiazole rings is 1. The molecule has 2 rings (SSSR count). The topological polar surface area (TPSA) is 115 Å². The molecule has 0 bridgehead atoms. The van der Waals surface area contributed by atoms with Gasteiger partial charge in [0.1, 0.15) is 11.1 Å². The SMILES string of the molecule is CCCCCOCN(CCCC(NC(=O)C1CCCCN1C)C(C)CC)CCC(O)c1nc(C(=O)O)cs1. The number of carboxylic acids is 1. The number of aliphatic hydroxyl groups excluding tert-OH is 1. The van der Waals surface area contributed by atoms with Gasteiger partial charge in [-0.25, -0.2) is 9.78 Å². The second kappa shape index (κ2) is 17.9. The van der Waals surface area contributed by atoms with Crippen LogP contribution in [0.2, 0.25) is 0 Å². The van der Waals surface area contributed by atoms with Gasteiger partial charge in [-0.1, -0.05) is 46.5 Å². The third kappa shape index (κ3) is 11.3. The molecule has 1 fully saturated rings. The van der Waals surface area contributed by atoms with Crippen LogP contribution in [0.4, 0.5) is 0 Å². The standard InChI is InChI=1S/C28H50N4O5S/c1-5-7-10-18-37-20-32(17-14-25(33)27-30-23(19-38-27)28(35)36)16-11-12-22(21(3)6-2)29-26(34)24-13-8-9-15-31(24)4/h19,21-22,24-25,33H,5-18,20H2,1-4H3,(H,29,34)(H,35,36). The average molecular weight is 555 g/mol. The fourth-order valence-electron chi connectivity index (χ4n) is 4.86. The zero-order valence-electron chi connectivity index (χ0n) is 23.9. The number of aliphatic hydroxyl groups is 1. The molecule has 1 amide bonds. The normalized spacial score (nSPS) is 18.8. The zero-order valence-corrected chi connectivity index (χ0v) is 24.7. The lowest BCUT2D eigenvalue weighted by atomic mass is 9.93. The van der Waals surface area contributed by atoms with Crippen LogP contribution in [0.5, 0.6) is 0 Å². The smallest absolute Gasteiger partial charge is 0.355 e. The quantitative estimate of drug-likeness (QED) is 0.169.